The Labute approximate surface area is 183 Å². The van der Waals surface area contributed by atoms with Crippen LogP contribution in [-0.4, -0.2) is 39.4 Å². The maximum Gasteiger partial charge on any atom is 0.234 e. The first-order chi connectivity index (χ1) is 15.0. The number of carbonyl (C=O) groups is 2. The Bertz CT molecular complexity index is 1040. The van der Waals surface area contributed by atoms with Crippen LogP contribution >= 0.6 is 11.8 Å². The minimum Gasteiger partial charge on any atom is -0.497 e. The highest BCUT2D eigenvalue weighted by atomic mass is 32.2. The van der Waals surface area contributed by atoms with Crippen molar-refractivity contribution in [2.45, 2.75) is 25.0 Å². The third-order valence-electron chi connectivity index (χ3n) is 4.26. The van der Waals surface area contributed by atoms with Crippen molar-refractivity contribution in [1.82, 2.24) is 14.8 Å². The van der Waals surface area contributed by atoms with Crippen LogP contribution in [-0.2, 0) is 22.6 Å². The maximum absolute atomic E-state index is 13.0. The van der Waals surface area contributed by atoms with Crippen LogP contribution in [0.5, 0.6) is 5.75 Å². The molecule has 0 aliphatic heterocycles. The van der Waals surface area contributed by atoms with Crippen molar-refractivity contribution in [2.24, 2.45) is 0 Å². The van der Waals surface area contributed by atoms with Crippen molar-refractivity contribution in [3.63, 3.8) is 0 Å². The Morgan fingerprint density at radius 1 is 1.00 bits per heavy atom. The predicted molar refractivity (Wildman–Crippen MR) is 117 cm³/mol. The van der Waals surface area contributed by atoms with Crippen molar-refractivity contribution in [3.05, 3.63) is 60.2 Å². The summed E-state index contributed by atoms with van der Waals surface area (Å²) >= 11 is 1.24. The van der Waals surface area contributed by atoms with E-state index in [9.17, 15) is 14.0 Å². The van der Waals surface area contributed by atoms with E-state index in [1.54, 1.807) is 35.9 Å². The van der Waals surface area contributed by atoms with E-state index in [0.29, 0.717) is 34.6 Å². The van der Waals surface area contributed by atoms with E-state index in [-0.39, 0.29) is 29.8 Å². The van der Waals surface area contributed by atoms with E-state index in [1.165, 1.54) is 36.0 Å². The minimum absolute atomic E-state index is 0.0107. The highest BCUT2D eigenvalue weighted by Crippen LogP contribution is 2.19. The lowest BCUT2D eigenvalue weighted by molar-refractivity contribution is -0.116. The SMILES string of the molecule is CCn1c(CC(=O)Nc2ccc(F)cc2)nnc1SCC(=O)Nc1ccc(OC)cc1. The fourth-order valence-electron chi connectivity index (χ4n) is 2.76. The van der Waals surface area contributed by atoms with Gasteiger partial charge in [0.25, 0.3) is 0 Å². The third kappa shape index (κ3) is 6.29. The van der Waals surface area contributed by atoms with Gasteiger partial charge in [0.1, 0.15) is 17.4 Å². The van der Waals surface area contributed by atoms with Gasteiger partial charge >= 0.3 is 0 Å². The first kappa shape index (κ1) is 22.3. The van der Waals surface area contributed by atoms with Crippen LogP contribution < -0.4 is 15.4 Å². The van der Waals surface area contributed by atoms with Crippen molar-refractivity contribution in [1.29, 1.82) is 0 Å². The van der Waals surface area contributed by atoms with Crippen LogP contribution in [0.4, 0.5) is 15.8 Å². The second-order valence-electron chi connectivity index (χ2n) is 6.44. The number of methoxy groups -OCH3 is 1. The van der Waals surface area contributed by atoms with Gasteiger partial charge in [-0.25, -0.2) is 4.39 Å². The van der Waals surface area contributed by atoms with Gasteiger partial charge in [-0.15, -0.1) is 10.2 Å². The van der Waals surface area contributed by atoms with Gasteiger partial charge in [-0.2, -0.15) is 0 Å². The van der Waals surface area contributed by atoms with Crippen LogP contribution in [0.15, 0.2) is 53.7 Å². The summed E-state index contributed by atoms with van der Waals surface area (Å²) in [6.07, 6.45) is 0.0107. The summed E-state index contributed by atoms with van der Waals surface area (Å²) in [5, 5.41) is 14.3. The molecule has 2 amide bonds. The molecule has 3 rings (SSSR count). The number of carbonyl (C=O) groups excluding carboxylic acids is 2. The standard InChI is InChI=1S/C21H22FN5O3S/c1-3-27-18(12-19(28)23-15-6-4-14(22)5-7-15)25-26-21(27)31-13-20(29)24-16-8-10-17(30-2)11-9-16/h4-11H,3,12-13H2,1-2H3,(H,23,28)(H,24,29). The number of anilines is 2. The molecule has 0 fully saturated rings. The van der Waals surface area contributed by atoms with Gasteiger partial charge in [0.05, 0.1) is 19.3 Å². The molecule has 1 heterocycles. The maximum atomic E-state index is 13.0. The second-order valence-corrected chi connectivity index (χ2v) is 7.38. The molecule has 0 atom stereocenters. The average Bonchev–Trinajstić information content (AvgIpc) is 3.15. The summed E-state index contributed by atoms with van der Waals surface area (Å²) in [4.78, 5) is 24.5. The molecular weight excluding hydrogens is 421 g/mol. The number of nitrogens with one attached hydrogen (secondary N) is 2. The average molecular weight is 444 g/mol. The molecule has 3 aromatic rings. The molecule has 0 radical (unpaired) electrons. The summed E-state index contributed by atoms with van der Waals surface area (Å²) in [5.41, 5.74) is 1.17. The molecule has 162 valence electrons. The van der Waals surface area contributed by atoms with Crippen molar-refractivity contribution in [2.75, 3.05) is 23.5 Å². The fraction of sp³-hybridized carbons (Fsp3) is 0.238. The van der Waals surface area contributed by atoms with Crippen molar-refractivity contribution < 1.29 is 18.7 Å². The number of halogens is 1. The number of nitrogens with zero attached hydrogens (tertiary/aromatic N) is 3. The van der Waals surface area contributed by atoms with Gasteiger partial charge in [-0.3, -0.25) is 9.59 Å². The zero-order chi connectivity index (χ0) is 22.2. The Hall–Kier alpha value is -3.40. The molecular formula is C21H22FN5O3S. The zero-order valence-corrected chi connectivity index (χ0v) is 17.9. The monoisotopic (exact) mass is 443 g/mol. The molecule has 0 unspecified atom stereocenters. The first-order valence-corrected chi connectivity index (χ1v) is 10.5. The number of rotatable bonds is 9. The van der Waals surface area contributed by atoms with Gasteiger partial charge in [-0.05, 0) is 55.5 Å². The lowest BCUT2D eigenvalue weighted by Gasteiger charge is -2.09. The number of aromatic nitrogens is 3. The van der Waals surface area contributed by atoms with Gasteiger partial charge in [0, 0.05) is 17.9 Å². The minimum atomic E-state index is -0.374. The normalized spacial score (nSPS) is 10.5. The van der Waals surface area contributed by atoms with E-state index in [0.717, 1.165) is 0 Å². The first-order valence-electron chi connectivity index (χ1n) is 9.52. The number of benzene rings is 2. The van der Waals surface area contributed by atoms with Crippen LogP contribution in [0.25, 0.3) is 0 Å². The molecule has 2 aromatic carbocycles. The van der Waals surface area contributed by atoms with Gasteiger partial charge in [-0.1, -0.05) is 11.8 Å². The Morgan fingerprint density at radius 2 is 1.61 bits per heavy atom. The summed E-state index contributed by atoms with van der Waals surface area (Å²) in [6, 6.07) is 12.6. The summed E-state index contributed by atoms with van der Waals surface area (Å²) in [5.74, 6) is 0.492. The smallest absolute Gasteiger partial charge is 0.234 e. The van der Waals surface area contributed by atoms with E-state index in [4.69, 9.17) is 4.74 Å². The van der Waals surface area contributed by atoms with Gasteiger partial charge in [0.2, 0.25) is 11.8 Å². The summed E-state index contributed by atoms with van der Waals surface area (Å²) in [6.45, 7) is 2.46. The largest absolute Gasteiger partial charge is 0.497 e. The van der Waals surface area contributed by atoms with Crippen LogP contribution in [0.1, 0.15) is 12.7 Å². The number of hydrogen-bond acceptors (Lipinski definition) is 6. The Kier molecular flexibility index (Phi) is 7.60. The fourth-order valence-corrected chi connectivity index (χ4v) is 3.58. The molecule has 0 aliphatic carbocycles. The van der Waals surface area contributed by atoms with E-state index >= 15 is 0 Å². The predicted octanol–water partition coefficient (Wildman–Crippen LogP) is 3.36. The second kappa shape index (κ2) is 10.6. The number of hydrogen-bond donors (Lipinski definition) is 2. The lowest BCUT2D eigenvalue weighted by atomic mass is 10.3. The summed E-state index contributed by atoms with van der Waals surface area (Å²) in [7, 11) is 1.58. The molecule has 8 nitrogen and oxygen atoms in total. The number of thioether (sulfide) groups is 1. The van der Waals surface area contributed by atoms with E-state index in [2.05, 4.69) is 20.8 Å². The van der Waals surface area contributed by atoms with Crippen molar-refractivity contribution in [3.8, 4) is 5.75 Å². The molecule has 0 aliphatic rings. The Morgan fingerprint density at radius 3 is 2.23 bits per heavy atom. The van der Waals surface area contributed by atoms with Crippen LogP contribution in [0.2, 0.25) is 0 Å². The van der Waals surface area contributed by atoms with Crippen molar-refractivity contribution >= 4 is 35.0 Å². The molecule has 0 saturated heterocycles. The molecule has 0 bridgehead atoms. The van der Waals surface area contributed by atoms with E-state index < -0.39 is 0 Å². The van der Waals surface area contributed by atoms with Gasteiger partial charge < -0.3 is 19.9 Å². The topological polar surface area (TPSA) is 98.1 Å². The molecule has 10 heteroatoms. The molecule has 2 N–H and O–H groups in total. The number of ether oxygens (including phenoxy) is 1. The molecule has 1 aromatic heterocycles. The molecule has 0 saturated carbocycles. The zero-order valence-electron chi connectivity index (χ0n) is 17.1. The van der Waals surface area contributed by atoms with Crippen LogP contribution in [0, 0.1) is 5.82 Å². The third-order valence-corrected chi connectivity index (χ3v) is 5.23. The highest BCUT2D eigenvalue weighted by molar-refractivity contribution is 7.99. The quantitative estimate of drug-likeness (QED) is 0.492. The summed E-state index contributed by atoms with van der Waals surface area (Å²) < 4.78 is 19.9. The highest BCUT2D eigenvalue weighted by Gasteiger charge is 2.16. The lowest BCUT2D eigenvalue weighted by Crippen LogP contribution is -2.18. The number of amides is 2. The van der Waals surface area contributed by atoms with E-state index in [1.807, 2.05) is 6.92 Å². The Balaban J connectivity index is 1.55. The molecule has 0 spiro atoms. The van der Waals surface area contributed by atoms with Gasteiger partial charge in [0.15, 0.2) is 5.16 Å². The van der Waals surface area contributed by atoms with Crippen LogP contribution in [0.3, 0.4) is 0 Å². The molecule has 31 heavy (non-hydrogen) atoms.